The van der Waals surface area contributed by atoms with Crippen LogP contribution in [0.1, 0.15) is 46.0 Å². The molecule has 1 amide bonds. The highest BCUT2D eigenvalue weighted by molar-refractivity contribution is 5.78. The van der Waals surface area contributed by atoms with Crippen molar-refractivity contribution >= 4 is 5.91 Å². The molecule has 1 rings (SSSR count). The third-order valence-corrected chi connectivity index (χ3v) is 3.69. The van der Waals surface area contributed by atoms with Gasteiger partial charge in [-0.05, 0) is 38.0 Å². The first-order chi connectivity index (χ1) is 7.97. The molecule has 4 N–H and O–H groups in total. The van der Waals surface area contributed by atoms with E-state index in [2.05, 4.69) is 19.2 Å². The van der Waals surface area contributed by atoms with Crippen molar-refractivity contribution in [2.75, 3.05) is 13.1 Å². The molecule has 0 aromatic carbocycles. The van der Waals surface area contributed by atoms with Gasteiger partial charge in [-0.2, -0.15) is 0 Å². The first-order valence-electron chi connectivity index (χ1n) is 6.67. The molecule has 0 heterocycles. The Morgan fingerprint density at radius 1 is 1.47 bits per heavy atom. The fourth-order valence-corrected chi connectivity index (χ4v) is 2.25. The topological polar surface area (TPSA) is 75.3 Å². The maximum atomic E-state index is 11.9. The Balaban J connectivity index is 2.26. The van der Waals surface area contributed by atoms with Crippen molar-refractivity contribution in [2.45, 2.75) is 51.6 Å². The summed E-state index contributed by atoms with van der Waals surface area (Å²) in [5.74, 6) is 0.822. The third-order valence-electron chi connectivity index (χ3n) is 3.69. The van der Waals surface area contributed by atoms with Crippen molar-refractivity contribution in [3.63, 3.8) is 0 Å². The van der Waals surface area contributed by atoms with Gasteiger partial charge in [0.2, 0.25) is 5.91 Å². The van der Waals surface area contributed by atoms with E-state index in [4.69, 9.17) is 5.73 Å². The number of hydrogen-bond acceptors (Lipinski definition) is 3. The Kier molecular flexibility index (Phi) is 5.40. The fraction of sp³-hybridized carbons (Fsp3) is 0.923. The summed E-state index contributed by atoms with van der Waals surface area (Å²) < 4.78 is 0. The second kappa shape index (κ2) is 6.36. The van der Waals surface area contributed by atoms with E-state index in [1.54, 1.807) is 0 Å². The van der Waals surface area contributed by atoms with E-state index in [9.17, 15) is 9.90 Å². The molecule has 1 aliphatic carbocycles. The Labute approximate surface area is 104 Å². The second-order valence-electron chi connectivity index (χ2n) is 5.68. The zero-order chi connectivity index (χ0) is 12.9. The van der Waals surface area contributed by atoms with Crippen LogP contribution in [0.15, 0.2) is 0 Å². The Morgan fingerprint density at radius 2 is 2.06 bits per heavy atom. The van der Waals surface area contributed by atoms with E-state index in [1.807, 2.05) is 0 Å². The molecule has 1 fully saturated rings. The number of amides is 1. The molecular formula is C13H26N2O2. The molecule has 100 valence electrons. The molecular weight excluding hydrogens is 216 g/mol. The quantitative estimate of drug-likeness (QED) is 0.674. The van der Waals surface area contributed by atoms with Crippen molar-refractivity contribution in [1.29, 1.82) is 0 Å². The minimum atomic E-state index is -0.727. The summed E-state index contributed by atoms with van der Waals surface area (Å²) in [5.41, 5.74) is 4.79. The van der Waals surface area contributed by atoms with Gasteiger partial charge in [0.25, 0.3) is 0 Å². The molecule has 0 unspecified atom stereocenters. The zero-order valence-corrected chi connectivity index (χ0v) is 11.0. The molecule has 1 saturated carbocycles. The van der Waals surface area contributed by atoms with Gasteiger partial charge in [-0.3, -0.25) is 4.79 Å². The lowest BCUT2D eigenvalue weighted by Gasteiger charge is -2.34. The summed E-state index contributed by atoms with van der Waals surface area (Å²) in [4.78, 5) is 11.9. The van der Waals surface area contributed by atoms with Crippen LogP contribution in [0.5, 0.6) is 0 Å². The van der Waals surface area contributed by atoms with Crippen LogP contribution in [0.25, 0.3) is 0 Å². The highest BCUT2D eigenvalue weighted by Crippen LogP contribution is 2.31. The van der Waals surface area contributed by atoms with Crippen molar-refractivity contribution in [3.05, 3.63) is 0 Å². The van der Waals surface area contributed by atoms with Crippen LogP contribution in [-0.2, 0) is 4.79 Å². The summed E-state index contributed by atoms with van der Waals surface area (Å²) in [6.07, 6.45) is 3.81. The lowest BCUT2D eigenvalue weighted by molar-refractivity contribution is -0.127. The smallest absolute Gasteiger partial charge is 0.223 e. The minimum Gasteiger partial charge on any atom is -0.389 e. The van der Waals surface area contributed by atoms with Gasteiger partial charge >= 0.3 is 0 Å². The van der Waals surface area contributed by atoms with Gasteiger partial charge in [0.15, 0.2) is 0 Å². The standard InChI is InChI=1S/C13H26N2O2/c1-10(2)5-8-15-12(16)11-3-6-13(17,9-14)7-4-11/h10-11,17H,3-9,14H2,1-2H3,(H,15,16). The number of nitrogens with two attached hydrogens (primary N) is 1. The van der Waals surface area contributed by atoms with Crippen LogP contribution in [-0.4, -0.2) is 29.7 Å². The number of carbonyl (C=O) groups is 1. The first-order valence-corrected chi connectivity index (χ1v) is 6.67. The van der Waals surface area contributed by atoms with Crippen LogP contribution in [0, 0.1) is 11.8 Å². The SMILES string of the molecule is CC(C)CCNC(=O)C1CCC(O)(CN)CC1. The summed E-state index contributed by atoms with van der Waals surface area (Å²) in [6.45, 7) is 5.35. The molecule has 0 radical (unpaired) electrons. The van der Waals surface area contributed by atoms with Gasteiger partial charge in [-0.15, -0.1) is 0 Å². The van der Waals surface area contributed by atoms with E-state index in [1.165, 1.54) is 0 Å². The van der Waals surface area contributed by atoms with E-state index >= 15 is 0 Å². The largest absolute Gasteiger partial charge is 0.389 e. The summed E-state index contributed by atoms with van der Waals surface area (Å²) in [7, 11) is 0. The molecule has 17 heavy (non-hydrogen) atoms. The average molecular weight is 242 g/mol. The van der Waals surface area contributed by atoms with E-state index in [0.717, 1.165) is 25.8 Å². The van der Waals surface area contributed by atoms with Crippen LogP contribution < -0.4 is 11.1 Å². The Morgan fingerprint density at radius 3 is 2.53 bits per heavy atom. The zero-order valence-electron chi connectivity index (χ0n) is 11.0. The van der Waals surface area contributed by atoms with Crippen molar-refractivity contribution < 1.29 is 9.90 Å². The Bertz CT molecular complexity index is 246. The molecule has 0 aromatic rings. The summed E-state index contributed by atoms with van der Waals surface area (Å²) in [6, 6.07) is 0. The lowest BCUT2D eigenvalue weighted by atomic mass is 9.78. The van der Waals surface area contributed by atoms with Crippen LogP contribution >= 0.6 is 0 Å². The predicted molar refractivity (Wildman–Crippen MR) is 68.4 cm³/mol. The lowest BCUT2D eigenvalue weighted by Crippen LogP contribution is -2.44. The maximum absolute atomic E-state index is 11.9. The monoisotopic (exact) mass is 242 g/mol. The summed E-state index contributed by atoms with van der Waals surface area (Å²) >= 11 is 0. The summed E-state index contributed by atoms with van der Waals surface area (Å²) in [5, 5.41) is 12.9. The van der Waals surface area contributed by atoms with E-state index in [-0.39, 0.29) is 11.8 Å². The van der Waals surface area contributed by atoms with Crippen LogP contribution in [0.4, 0.5) is 0 Å². The highest BCUT2D eigenvalue weighted by Gasteiger charge is 2.34. The van der Waals surface area contributed by atoms with Crippen LogP contribution in [0.2, 0.25) is 0 Å². The third kappa shape index (κ3) is 4.64. The predicted octanol–water partition coefficient (Wildman–Crippen LogP) is 1.03. The number of carbonyl (C=O) groups excluding carboxylic acids is 1. The first kappa shape index (κ1) is 14.5. The highest BCUT2D eigenvalue weighted by atomic mass is 16.3. The number of rotatable bonds is 5. The van der Waals surface area contributed by atoms with Crippen molar-refractivity contribution in [1.82, 2.24) is 5.32 Å². The molecule has 0 aliphatic heterocycles. The molecule has 4 nitrogen and oxygen atoms in total. The molecule has 0 saturated heterocycles. The molecule has 0 spiro atoms. The van der Waals surface area contributed by atoms with Gasteiger partial charge < -0.3 is 16.2 Å². The Hall–Kier alpha value is -0.610. The van der Waals surface area contributed by atoms with Gasteiger partial charge in [-0.25, -0.2) is 0 Å². The number of nitrogens with one attached hydrogen (secondary N) is 1. The van der Waals surface area contributed by atoms with E-state index in [0.29, 0.717) is 25.3 Å². The average Bonchev–Trinajstić information content (AvgIpc) is 2.29. The minimum absolute atomic E-state index is 0.0639. The van der Waals surface area contributed by atoms with Crippen molar-refractivity contribution in [2.24, 2.45) is 17.6 Å². The normalized spacial score (nSPS) is 29.4. The van der Waals surface area contributed by atoms with Gasteiger partial charge in [0.1, 0.15) is 0 Å². The van der Waals surface area contributed by atoms with Crippen molar-refractivity contribution in [3.8, 4) is 0 Å². The fourth-order valence-electron chi connectivity index (χ4n) is 2.25. The second-order valence-corrected chi connectivity index (χ2v) is 5.68. The number of aliphatic hydroxyl groups is 1. The molecule has 1 aliphatic rings. The van der Waals surface area contributed by atoms with E-state index < -0.39 is 5.60 Å². The molecule has 0 aromatic heterocycles. The molecule has 4 heteroatoms. The van der Waals surface area contributed by atoms with Crippen LogP contribution in [0.3, 0.4) is 0 Å². The van der Waals surface area contributed by atoms with Gasteiger partial charge in [0, 0.05) is 19.0 Å². The van der Waals surface area contributed by atoms with Gasteiger partial charge in [0.05, 0.1) is 5.60 Å². The maximum Gasteiger partial charge on any atom is 0.223 e. The number of hydrogen-bond donors (Lipinski definition) is 3. The molecule has 0 bridgehead atoms. The van der Waals surface area contributed by atoms with Gasteiger partial charge in [-0.1, -0.05) is 13.8 Å². The molecule has 0 atom stereocenters.